The maximum atomic E-state index is 13.6. The lowest BCUT2D eigenvalue weighted by molar-refractivity contribution is -0.122. The number of aromatic nitrogens is 3. The lowest BCUT2D eigenvalue weighted by Crippen LogP contribution is -2.37. The van der Waals surface area contributed by atoms with E-state index in [-0.39, 0.29) is 25.5 Å². The van der Waals surface area contributed by atoms with Crippen LogP contribution >= 0.6 is 0 Å². The van der Waals surface area contributed by atoms with Crippen molar-refractivity contribution in [2.24, 2.45) is 0 Å². The first-order valence-corrected chi connectivity index (χ1v) is 9.12. The minimum absolute atomic E-state index is 0.0159. The number of hydrogen-bond acceptors (Lipinski definition) is 5. The molecule has 2 amide bonds. The van der Waals surface area contributed by atoms with Crippen molar-refractivity contribution in [3.05, 3.63) is 76.2 Å². The van der Waals surface area contributed by atoms with Crippen LogP contribution in [0.25, 0.3) is 0 Å². The highest BCUT2D eigenvalue weighted by atomic mass is 19.1. The van der Waals surface area contributed by atoms with Gasteiger partial charge >= 0.3 is 11.7 Å². The highest BCUT2D eigenvalue weighted by Crippen LogP contribution is 2.24. The van der Waals surface area contributed by atoms with E-state index in [9.17, 15) is 18.8 Å². The molecule has 10 heteroatoms. The monoisotopic (exact) mass is 411 g/mol. The highest BCUT2D eigenvalue weighted by molar-refractivity contribution is 5.96. The second-order valence-corrected chi connectivity index (χ2v) is 6.63. The van der Waals surface area contributed by atoms with Gasteiger partial charge < -0.3 is 10.1 Å². The van der Waals surface area contributed by atoms with Crippen LogP contribution < -0.4 is 20.6 Å². The van der Waals surface area contributed by atoms with Gasteiger partial charge in [0.1, 0.15) is 18.1 Å². The number of carbonyl (C=O) groups is 2. The number of methoxy groups -OCH3 is 1. The van der Waals surface area contributed by atoms with Crippen molar-refractivity contribution in [3.63, 3.8) is 0 Å². The van der Waals surface area contributed by atoms with Crippen molar-refractivity contribution in [1.82, 2.24) is 19.7 Å². The molecule has 3 aromatic rings. The number of carbonyl (C=O) groups excluding carboxylic acids is 2. The Balaban J connectivity index is 1.44. The van der Waals surface area contributed by atoms with Crippen molar-refractivity contribution in [1.29, 1.82) is 0 Å². The Morgan fingerprint density at radius 2 is 1.90 bits per heavy atom. The standard InChI is InChI=1S/C20H18FN5O4/c1-30-15-8-6-14(7-9-15)24-11-17-23-25(20(29)26(17)19(24)28)12-18(27)22-10-13-4-2-3-5-16(13)21/h2-9H,10-12H2,1H3,(H,22,27). The average molecular weight is 411 g/mol. The molecule has 1 aliphatic rings. The van der Waals surface area contributed by atoms with Crippen LogP contribution in [-0.2, 0) is 24.4 Å². The third kappa shape index (κ3) is 3.54. The Morgan fingerprint density at radius 3 is 2.57 bits per heavy atom. The van der Waals surface area contributed by atoms with Gasteiger partial charge in [0.2, 0.25) is 5.91 Å². The summed E-state index contributed by atoms with van der Waals surface area (Å²) in [5.74, 6) is -0.0636. The van der Waals surface area contributed by atoms with E-state index in [1.54, 1.807) is 49.6 Å². The van der Waals surface area contributed by atoms with Gasteiger partial charge in [-0.15, -0.1) is 0 Å². The lowest BCUT2D eigenvalue weighted by atomic mass is 10.2. The minimum atomic E-state index is -0.702. The molecule has 0 fully saturated rings. The van der Waals surface area contributed by atoms with Crippen LogP contribution in [-0.4, -0.2) is 33.4 Å². The number of fused-ring (bicyclic) bond motifs is 1. The molecular weight excluding hydrogens is 393 g/mol. The van der Waals surface area contributed by atoms with Gasteiger partial charge in [-0.25, -0.2) is 18.7 Å². The molecule has 0 aliphatic carbocycles. The molecule has 154 valence electrons. The van der Waals surface area contributed by atoms with E-state index in [0.717, 1.165) is 9.25 Å². The number of ether oxygens (including phenoxy) is 1. The van der Waals surface area contributed by atoms with E-state index in [1.807, 2.05) is 0 Å². The first-order valence-electron chi connectivity index (χ1n) is 9.12. The molecule has 1 aromatic heterocycles. The van der Waals surface area contributed by atoms with Crippen LogP contribution in [0.1, 0.15) is 11.4 Å². The Bertz CT molecular complexity index is 1170. The molecule has 0 saturated heterocycles. The van der Waals surface area contributed by atoms with Gasteiger partial charge in [0.15, 0.2) is 5.82 Å². The van der Waals surface area contributed by atoms with E-state index < -0.39 is 23.4 Å². The molecule has 0 bridgehead atoms. The summed E-state index contributed by atoms with van der Waals surface area (Å²) in [6, 6.07) is 12.4. The number of nitrogens with zero attached hydrogens (tertiary/aromatic N) is 4. The van der Waals surface area contributed by atoms with Crippen LogP contribution in [0.2, 0.25) is 0 Å². The van der Waals surface area contributed by atoms with Crippen molar-refractivity contribution < 1.29 is 18.7 Å². The van der Waals surface area contributed by atoms with Crippen molar-refractivity contribution in [2.45, 2.75) is 19.6 Å². The van der Waals surface area contributed by atoms with Crippen LogP contribution in [0, 0.1) is 5.82 Å². The third-order valence-corrected chi connectivity index (χ3v) is 4.74. The van der Waals surface area contributed by atoms with E-state index in [4.69, 9.17) is 4.74 Å². The molecule has 0 radical (unpaired) electrons. The zero-order valence-electron chi connectivity index (χ0n) is 16.0. The van der Waals surface area contributed by atoms with Gasteiger partial charge in [-0.3, -0.25) is 9.69 Å². The predicted octanol–water partition coefficient (Wildman–Crippen LogP) is 1.50. The Kier molecular flexibility index (Phi) is 5.05. The fourth-order valence-electron chi connectivity index (χ4n) is 3.17. The number of amides is 2. The van der Waals surface area contributed by atoms with Crippen LogP contribution in [0.3, 0.4) is 0 Å². The fraction of sp³-hybridized carbons (Fsp3) is 0.200. The van der Waals surface area contributed by atoms with Crippen molar-refractivity contribution >= 4 is 17.6 Å². The zero-order chi connectivity index (χ0) is 21.3. The average Bonchev–Trinajstić information content (AvgIpc) is 3.23. The predicted molar refractivity (Wildman–Crippen MR) is 105 cm³/mol. The summed E-state index contributed by atoms with van der Waals surface area (Å²) in [6.07, 6.45) is 0. The maximum absolute atomic E-state index is 13.6. The van der Waals surface area contributed by atoms with E-state index in [2.05, 4.69) is 10.4 Å². The lowest BCUT2D eigenvalue weighted by Gasteiger charge is -2.15. The molecule has 0 unspecified atom stereocenters. The smallest absolute Gasteiger partial charge is 0.354 e. The quantitative estimate of drug-likeness (QED) is 0.663. The van der Waals surface area contributed by atoms with Gasteiger partial charge in [0.05, 0.1) is 13.7 Å². The SMILES string of the molecule is COc1ccc(N2Cc3nn(CC(=O)NCc4ccccc4F)c(=O)n3C2=O)cc1. The molecule has 0 atom stereocenters. The summed E-state index contributed by atoms with van der Waals surface area (Å²) in [4.78, 5) is 38.8. The van der Waals surface area contributed by atoms with Gasteiger partial charge in [-0.05, 0) is 30.3 Å². The van der Waals surface area contributed by atoms with Gasteiger partial charge in [0.25, 0.3) is 0 Å². The number of benzene rings is 2. The van der Waals surface area contributed by atoms with E-state index >= 15 is 0 Å². The number of rotatable bonds is 6. The number of halogens is 1. The fourth-order valence-corrected chi connectivity index (χ4v) is 3.17. The number of anilines is 1. The van der Waals surface area contributed by atoms with Crippen LogP contribution in [0.15, 0.2) is 53.3 Å². The normalized spacial score (nSPS) is 12.7. The summed E-state index contributed by atoms with van der Waals surface area (Å²) >= 11 is 0. The second-order valence-electron chi connectivity index (χ2n) is 6.63. The summed E-state index contributed by atoms with van der Waals surface area (Å²) in [5.41, 5.74) is 0.225. The molecule has 30 heavy (non-hydrogen) atoms. The zero-order valence-corrected chi connectivity index (χ0v) is 16.0. The summed E-state index contributed by atoms with van der Waals surface area (Å²) in [5, 5.41) is 6.65. The molecule has 0 saturated carbocycles. The minimum Gasteiger partial charge on any atom is -0.497 e. The Morgan fingerprint density at radius 1 is 1.17 bits per heavy atom. The van der Waals surface area contributed by atoms with E-state index in [1.165, 1.54) is 11.0 Å². The highest BCUT2D eigenvalue weighted by Gasteiger charge is 2.33. The molecular formula is C20H18FN5O4. The van der Waals surface area contributed by atoms with Gasteiger partial charge in [-0.2, -0.15) is 9.67 Å². The second kappa shape index (κ2) is 7.82. The summed E-state index contributed by atoms with van der Waals surface area (Å²) in [6.45, 7) is -0.286. The molecule has 2 heterocycles. The molecule has 0 spiro atoms. The van der Waals surface area contributed by atoms with Crippen molar-refractivity contribution in [2.75, 3.05) is 12.0 Å². The number of hydrogen-bond donors (Lipinski definition) is 1. The van der Waals surface area contributed by atoms with Crippen LogP contribution in [0.5, 0.6) is 5.75 Å². The molecule has 1 aliphatic heterocycles. The molecule has 4 rings (SSSR count). The number of nitrogens with one attached hydrogen (secondary N) is 1. The van der Waals surface area contributed by atoms with Gasteiger partial charge in [-0.1, -0.05) is 18.2 Å². The first kappa shape index (κ1) is 19.4. The largest absolute Gasteiger partial charge is 0.497 e. The van der Waals surface area contributed by atoms with Crippen molar-refractivity contribution in [3.8, 4) is 5.75 Å². The summed E-state index contributed by atoms with van der Waals surface area (Å²) < 4.78 is 20.6. The first-order chi connectivity index (χ1) is 14.5. The summed E-state index contributed by atoms with van der Waals surface area (Å²) in [7, 11) is 1.54. The molecule has 1 N–H and O–H groups in total. The molecule has 2 aromatic carbocycles. The van der Waals surface area contributed by atoms with E-state index in [0.29, 0.717) is 17.0 Å². The maximum Gasteiger partial charge on any atom is 0.354 e. The van der Waals surface area contributed by atoms with Crippen LogP contribution in [0.4, 0.5) is 14.9 Å². The Labute approximate surface area is 170 Å². The molecule has 9 nitrogen and oxygen atoms in total. The Hall–Kier alpha value is -3.95. The third-order valence-electron chi connectivity index (χ3n) is 4.74. The topological polar surface area (TPSA) is 98.5 Å². The van der Waals surface area contributed by atoms with Gasteiger partial charge in [0, 0.05) is 17.8 Å².